The molecule has 0 aliphatic carbocycles. The SMILES string of the molecule is Cc1ccc(Cl)c(CC2CCCN2)c1C. The molecule has 0 radical (unpaired) electrons. The van der Waals surface area contributed by atoms with Crippen molar-refractivity contribution in [3.8, 4) is 0 Å². The van der Waals surface area contributed by atoms with Gasteiger partial charge in [0, 0.05) is 11.1 Å². The topological polar surface area (TPSA) is 12.0 Å². The zero-order valence-corrected chi connectivity index (χ0v) is 10.2. The summed E-state index contributed by atoms with van der Waals surface area (Å²) in [6.07, 6.45) is 3.66. The van der Waals surface area contributed by atoms with E-state index in [0.717, 1.165) is 18.0 Å². The highest BCUT2D eigenvalue weighted by Crippen LogP contribution is 2.25. The Morgan fingerprint density at radius 3 is 2.87 bits per heavy atom. The molecule has 0 aromatic heterocycles. The second-order valence-corrected chi connectivity index (χ2v) is 4.87. The number of rotatable bonds is 2. The third-order valence-corrected chi connectivity index (χ3v) is 3.78. The van der Waals surface area contributed by atoms with E-state index in [9.17, 15) is 0 Å². The van der Waals surface area contributed by atoms with E-state index in [-0.39, 0.29) is 0 Å². The quantitative estimate of drug-likeness (QED) is 0.812. The fourth-order valence-electron chi connectivity index (χ4n) is 2.27. The Kier molecular flexibility index (Phi) is 3.32. The first-order valence-electron chi connectivity index (χ1n) is 5.66. The minimum atomic E-state index is 0.628. The molecule has 15 heavy (non-hydrogen) atoms. The second-order valence-electron chi connectivity index (χ2n) is 4.47. The van der Waals surface area contributed by atoms with Gasteiger partial charge in [0.1, 0.15) is 0 Å². The van der Waals surface area contributed by atoms with E-state index in [1.54, 1.807) is 0 Å². The van der Waals surface area contributed by atoms with Gasteiger partial charge in [-0.2, -0.15) is 0 Å². The molecule has 1 aromatic carbocycles. The van der Waals surface area contributed by atoms with E-state index in [2.05, 4.69) is 25.2 Å². The summed E-state index contributed by atoms with van der Waals surface area (Å²) in [6, 6.07) is 4.75. The molecule has 0 spiro atoms. The third-order valence-electron chi connectivity index (χ3n) is 3.43. The van der Waals surface area contributed by atoms with Crippen molar-refractivity contribution < 1.29 is 0 Å². The van der Waals surface area contributed by atoms with Crippen molar-refractivity contribution in [2.75, 3.05) is 6.54 Å². The fraction of sp³-hybridized carbons (Fsp3) is 0.538. The predicted octanol–water partition coefficient (Wildman–Crippen LogP) is 3.25. The highest BCUT2D eigenvalue weighted by atomic mass is 35.5. The van der Waals surface area contributed by atoms with Crippen LogP contribution in [0.4, 0.5) is 0 Å². The molecule has 1 heterocycles. The Bertz CT molecular complexity index is 354. The van der Waals surface area contributed by atoms with Crippen molar-refractivity contribution in [2.24, 2.45) is 0 Å². The summed E-state index contributed by atoms with van der Waals surface area (Å²) in [5.74, 6) is 0. The van der Waals surface area contributed by atoms with Crippen LogP contribution in [0.3, 0.4) is 0 Å². The van der Waals surface area contributed by atoms with Gasteiger partial charge in [-0.05, 0) is 62.4 Å². The van der Waals surface area contributed by atoms with Crippen molar-refractivity contribution in [1.29, 1.82) is 0 Å². The van der Waals surface area contributed by atoms with Crippen LogP contribution in [0.1, 0.15) is 29.5 Å². The zero-order chi connectivity index (χ0) is 10.8. The number of hydrogen-bond acceptors (Lipinski definition) is 1. The van der Waals surface area contributed by atoms with E-state index in [1.165, 1.54) is 29.5 Å². The fourth-order valence-corrected chi connectivity index (χ4v) is 2.55. The lowest BCUT2D eigenvalue weighted by Gasteiger charge is -2.15. The molecular weight excluding hydrogens is 206 g/mol. The molecule has 1 aliphatic rings. The summed E-state index contributed by atoms with van der Waals surface area (Å²) in [6.45, 7) is 5.48. The Morgan fingerprint density at radius 2 is 2.20 bits per heavy atom. The summed E-state index contributed by atoms with van der Waals surface area (Å²) in [5, 5.41) is 4.44. The van der Waals surface area contributed by atoms with Crippen LogP contribution in [-0.4, -0.2) is 12.6 Å². The van der Waals surface area contributed by atoms with Gasteiger partial charge in [-0.25, -0.2) is 0 Å². The third kappa shape index (κ3) is 2.35. The first-order chi connectivity index (χ1) is 7.18. The lowest BCUT2D eigenvalue weighted by molar-refractivity contribution is 0.601. The minimum absolute atomic E-state index is 0.628. The first kappa shape index (κ1) is 11.0. The summed E-state index contributed by atoms with van der Waals surface area (Å²) in [4.78, 5) is 0. The molecule has 1 nitrogen and oxygen atoms in total. The minimum Gasteiger partial charge on any atom is -0.314 e. The van der Waals surface area contributed by atoms with E-state index >= 15 is 0 Å². The summed E-state index contributed by atoms with van der Waals surface area (Å²) >= 11 is 6.25. The predicted molar refractivity (Wildman–Crippen MR) is 65.7 cm³/mol. The van der Waals surface area contributed by atoms with Gasteiger partial charge in [0.25, 0.3) is 0 Å². The maximum atomic E-state index is 6.25. The Morgan fingerprint density at radius 1 is 1.40 bits per heavy atom. The van der Waals surface area contributed by atoms with Gasteiger partial charge in [-0.15, -0.1) is 0 Å². The highest BCUT2D eigenvalue weighted by molar-refractivity contribution is 6.31. The van der Waals surface area contributed by atoms with Gasteiger partial charge in [0.2, 0.25) is 0 Å². The van der Waals surface area contributed by atoms with Gasteiger partial charge in [-0.3, -0.25) is 0 Å². The van der Waals surface area contributed by atoms with Crippen molar-refractivity contribution in [3.05, 3.63) is 33.8 Å². The Labute approximate surface area is 96.8 Å². The number of benzene rings is 1. The molecule has 1 atom stereocenters. The Hall–Kier alpha value is -0.530. The summed E-state index contributed by atoms with van der Waals surface area (Å²) < 4.78 is 0. The van der Waals surface area contributed by atoms with Crippen LogP contribution in [0.15, 0.2) is 12.1 Å². The number of halogens is 1. The number of hydrogen-bond donors (Lipinski definition) is 1. The summed E-state index contributed by atoms with van der Waals surface area (Å²) in [7, 11) is 0. The van der Waals surface area contributed by atoms with Crippen molar-refractivity contribution in [3.63, 3.8) is 0 Å². The first-order valence-corrected chi connectivity index (χ1v) is 6.04. The number of aryl methyl sites for hydroxylation is 1. The van der Waals surface area contributed by atoms with E-state index < -0.39 is 0 Å². The van der Waals surface area contributed by atoms with Gasteiger partial charge < -0.3 is 5.32 Å². The number of nitrogens with one attached hydrogen (secondary N) is 1. The Balaban J connectivity index is 2.22. The average molecular weight is 224 g/mol. The van der Waals surface area contributed by atoms with Crippen LogP contribution in [-0.2, 0) is 6.42 Å². The molecule has 2 rings (SSSR count). The second kappa shape index (κ2) is 4.54. The normalized spacial score (nSPS) is 20.9. The summed E-state index contributed by atoms with van der Waals surface area (Å²) in [5.41, 5.74) is 4.03. The zero-order valence-electron chi connectivity index (χ0n) is 9.44. The maximum Gasteiger partial charge on any atom is 0.0441 e. The standard InChI is InChI=1S/C13H18ClN/c1-9-5-6-13(14)12(10(9)2)8-11-4-3-7-15-11/h5-6,11,15H,3-4,7-8H2,1-2H3. The smallest absolute Gasteiger partial charge is 0.0441 e. The van der Waals surface area contributed by atoms with Crippen molar-refractivity contribution in [1.82, 2.24) is 5.32 Å². The molecule has 1 unspecified atom stereocenters. The average Bonchev–Trinajstić information content (AvgIpc) is 2.71. The lowest BCUT2D eigenvalue weighted by atomic mass is 9.97. The molecular formula is C13H18ClN. The van der Waals surface area contributed by atoms with Gasteiger partial charge in [-0.1, -0.05) is 17.7 Å². The van der Waals surface area contributed by atoms with Crippen LogP contribution >= 0.6 is 11.6 Å². The van der Waals surface area contributed by atoms with Crippen molar-refractivity contribution in [2.45, 2.75) is 39.2 Å². The van der Waals surface area contributed by atoms with Crippen LogP contribution in [0.2, 0.25) is 5.02 Å². The molecule has 1 saturated heterocycles. The lowest BCUT2D eigenvalue weighted by Crippen LogP contribution is -2.24. The van der Waals surface area contributed by atoms with E-state index in [4.69, 9.17) is 11.6 Å². The largest absolute Gasteiger partial charge is 0.314 e. The molecule has 82 valence electrons. The molecule has 2 heteroatoms. The molecule has 0 amide bonds. The van der Waals surface area contributed by atoms with Crippen LogP contribution in [0, 0.1) is 13.8 Å². The monoisotopic (exact) mass is 223 g/mol. The van der Waals surface area contributed by atoms with E-state index in [1.807, 2.05) is 6.07 Å². The maximum absolute atomic E-state index is 6.25. The molecule has 0 bridgehead atoms. The van der Waals surface area contributed by atoms with E-state index in [0.29, 0.717) is 6.04 Å². The molecule has 1 N–H and O–H groups in total. The van der Waals surface area contributed by atoms with Crippen LogP contribution in [0.5, 0.6) is 0 Å². The molecule has 1 aromatic rings. The van der Waals surface area contributed by atoms with Crippen LogP contribution < -0.4 is 5.32 Å². The van der Waals surface area contributed by atoms with Gasteiger partial charge in [0.05, 0.1) is 0 Å². The molecule has 0 saturated carbocycles. The molecule has 1 aliphatic heterocycles. The van der Waals surface area contributed by atoms with Crippen LogP contribution in [0.25, 0.3) is 0 Å². The highest BCUT2D eigenvalue weighted by Gasteiger charge is 2.17. The molecule has 1 fully saturated rings. The van der Waals surface area contributed by atoms with Gasteiger partial charge >= 0.3 is 0 Å². The van der Waals surface area contributed by atoms with Gasteiger partial charge in [0.15, 0.2) is 0 Å². The van der Waals surface area contributed by atoms with Crippen molar-refractivity contribution >= 4 is 11.6 Å².